The van der Waals surface area contributed by atoms with Gasteiger partial charge in [-0.1, -0.05) is 12.1 Å². The molecule has 0 saturated carbocycles. The molecule has 1 aliphatic rings. The van der Waals surface area contributed by atoms with Gasteiger partial charge in [0.2, 0.25) is 5.91 Å². The molecule has 120 valence electrons. The van der Waals surface area contributed by atoms with E-state index < -0.39 is 0 Å². The fraction of sp³-hybridized carbons (Fsp3) is 0.529. The maximum absolute atomic E-state index is 12.2. The topological polar surface area (TPSA) is 67.4 Å². The maximum Gasteiger partial charge on any atom is 0.251 e. The lowest BCUT2D eigenvalue weighted by atomic mass is 9.94. The van der Waals surface area contributed by atoms with Crippen molar-refractivity contribution in [3.63, 3.8) is 0 Å². The average molecular weight is 304 g/mol. The Kier molecular flexibility index (Phi) is 5.95. The molecular formula is C17H24N2O3. The Morgan fingerprint density at radius 3 is 2.91 bits per heavy atom. The number of amides is 2. The maximum atomic E-state index is 12.2. The Hall–Kier alpha value is -1.88. The highest BCUT2D eigenvalue weighted by atomic mass is 16.5. The summed E-state index contributed by atoms with van der Waals surface area (Å²) in [5, 5.41) is 5.58. The van der Waals surface area contributed by atoms with Crippen LogP contribution in [0.25, 0.3) is 0 Å². The van der Waals surface area contributed by atoms with Crippen LogP contribution in [0.4, 0.5) is 0 Å². The van der Waals surface area contributed by atoms with Crippen molar-refractivity contribution in [1.29, 1.82) is 0 Å². The van der Waals surface area contributed by atoms with E-state index in [4.69, 9.17) is 4.74 Å². The molecule has 2 atom stereocenters. The molecule has 1 aromatic rings. The van der Waals surface area contributed by atoms with Crippen LogP contribution >= 0.6 is 0 Å². The third kappa shape index (κ3) is 4.31. The van der Waals surface area contributed by atoms with E-state index in [1.807, 2.05) is 25.1 Å². The Labute approximate surface area is 131 Å². The zero-order valence-electron chi connectivity index (χ0n) is 13.2. The predicted octanol–water partition coefficient (Wildman–Crippen LogP) is 1.52. The molecule has 1 aromatic carbocycles. The van der Waals surface area contributed by atoms with Crippen LogP contribution in [0.2, 0.25) is 0 Å². The first-order valence-corrected chi connectivity index (χ1v) is 7.82. The van der Waals surface area contributed by atoms with Crippen molar-refractivity contribution < 1.29 is 14.3 Å². The minimum Gasteiger partial charge on any atom is -0.378 e. The molecule has 0 spiro atoms. The number of carbonyl (C=O) groups is 2. The molecular weight excluding hydrogens is 280 g/mol. The summed E-state index contributed by atoms with van der Waals surface area (Å²) in [5.74, 6) is -0.0836. The van der Waals surface area contributed by atoms with Crippen LogP contribution in [0.1, 0.15) is 35.7 Å². The summed E-state index contributed by atoms with van der Waals surface area (Å²) >= 11 is 0. The van der Waals surface area contributed by atoms with Gasteiger partial charge in [0.05, 0.1) is 12.0 Å². The van der Waals surface area contributed by atoms with E-state index in [0.717, 1.165) is 25.0 Å². The van der Waals surface area contributed by atoms with Gasteiger partial charge in [0, 0.05) is 25.8 Å². The van der Waals surface area contributed by atoms with Gasteiger partial charge in [-0.2, -0.15) is 0 Å². The first-order valence-electron chi connectivity index (χ1n) is 7.82. The number of carbonyl (C=O) groups excluding carboxylic acids is 2. The molecule has 0 radical (unpaired) electrons. The zero-order chi connectivity index (χ0) is 15.9. The lowest BCUT2D eigenvalue weighted by Gasteiger charge is -2.28. The van der Waals surface area contributed by atoms with Gasteiger partial charge in [0.25, 0.3) is 5.91 Å². The first kappa shape index (κ1) is 16.5. The van der Waals surface area contributed by atoms with E-state index in [2.05, 4.69) is 10.6 Å². The van der Waals surface area contributed by atoms with Gasteiger partial charge in [-0.25, -0.2) is 0 Å². The molecule has 2 amide bonds. The van der Waals surface area contributed by atoms with Crippen LogP contribution in [0.5, 0.6) is 0 Å². The smallest absolute Gasteiger partial charge is 0.251 e. The van der Waals surface area contributed by atoms with E-state index in [-0.39, 0.29) is 23.8 Å². The fourth-order valence-electron chi connectivity index (χ4n) is 2.74. The number of hydrogen-bond donors (Lipinski definition) is 2. The molecule has 5 heteroatoms. The number of nitrogens with one attached hydrogen (secondary N) is 2. The van der Waals surface area contributed by atoms with Crippen LogP contribution in [-0.2, 0) is 16.0 Å². The molecule has 2 N–H and O–H groups in total. The monoisotopic (exact) mass is 304 g/mol. The summed E-state index contributed by atoms with van der Waals surface area (Å²) in [6.07, 6.45) is 2.53. The summed E-state index contributed by atoms with van der Waals surface area (Å²) in [4.78, 5) is 23.8. The Balaban J connectivity index is 1.83. The molecule has 22 heavy (non-hydrogen) atoms. The number of rotatable bonds is 5. The third-order valence-corrected chi connectivity index (χ3v) is 4.07. The van der Waals surface area contributed by atoms with Crippen molar-refractivity contribution in [2.24, 2.45) is 5.92 Å². The van der Waals surface area contributed by atoms with E-state index in [9.17, 15) is 9.59 Å². The highest BCUT2D eigenvalue weighted by Gasteiger charge is 2.28. The van der Waals surface area contributed by atoms with Crippen molar-refractivity contribution in [1.82, 2.24) is 10.6 Å². The van der Waals surface area contributed by atoms with Crippen molar-refractivity contribution in [2.75, 3.05) is 20.2 Å². The molecule has 0 aliphatic carbocycles. The van der Waals surface area contributed by atoms with Gasteiger partial charge >= 0.3 is 0 Å². The first-order chi connectivity index (χ1) is 10.6. The standard InChI is InChI=1S/C17H24N2O3/c1-12-15(7-4-10-22-12)17(21)19-9-8-13-5-3-6-14(11-13)16(20)18-2/h3,5-6,11-12,15H,4,7-10H2,1-2H3,(H,18,20)(H,19,21)/t12-,15+/m1/s1. The van der Waals surface area contributed by atoms with Crippen LogP contribution in [-0.4, -0.2) is 38.1 Å². The van der Waals surface area contributed by atoms with E-state index in [1.165, 1.54) is 0 Å². The SMILES string of the molecule is CNC(=O)c1cccc(CCNC(=O)[C@H]2CCCO[C@@H]2C)c1. The van der Waals surface area contributed by atoms with Crippen LogP contribution < -0.4 is 10.6 Å². The van der Waals surface area contributed by atoms with Gasteiger partial charge < -0.3 is 15.4 Å². The minimum atomic E-state index is -0.0981. The summed E-state index contributed by atoms with van der Waals surface area (Å²) < 4.78 is 5.53. The lowest BCUT2D eigenvalue weighted by Crippen LogP contribution is -2.40. The van der Waals surface area contributed by atoms with Gasteiger partial charge in [-0.15, -0.1) is 0 Å². The minimum absolute atomic E-state index is 0.00896. The number of benzene rings is 1. The largest absolute Gasteiger partial charge is 0.378 e. The number of ether oxygens (including phenoxy) is 1. The highest BCUT2D eigenvalue weighted by molar-refractivity contribution is 5.94. The molecule has 5 nitrogen and oxygen atoms in total. The second-order valence-electron chi connectivity index (χ2n) is 5.65. The van der Waals surface area contributed by atoms with Gasteiger partial charge in [-0.3, -0.25) is 9.59 Å². The molecule has 2 rings (SSSR count). The van der Waals surface area contributed by atoms with Gasteiger partial charge in [-0.05, 0) is 43.9 Å². The second-order valence-corrected chi connectivity index (χ2v) is 5.65. The average Bonchev–Trinajstić information content (AvgIpc) is 2.54. The Bertz CT molecular complexity index is 530. The fourth-order valence-corrected chi connectivity index (χ4v) is 2.74. The number of hydrogen-bond acceptors (Lipinski definition) is 3. The molecule has 0 aromatic heterocycles. The van der Waals surface area contributed by atoms with Crippen LogP contribution in [0, 0.1) is 5.92 Å². The third-order valence-electron chi connectivity index (χ3n) is 4.07. The summed E-state index contributed by atoms with van der Waals surface area (Å²) in [6.45, 7) is 3.27. The Morgan fingerprint density at radius 1 is 1.36 bits per heavy atom. The molecule has 1 heterocycles. The van der Waals surface area contributed by atoms with E-state index in [1.54, 1.807) is 13.1 Å². The van der Waals surface area contributed by atoms with E-state index in [0.29, 0.717) is 18.5 Å². The van der Waals surface area contributed by atoms with Crippen LogP contribution in [0.15, 0.2) is 24.3 Å². The quantitative estimate of drug-likeness (QED) is 0.866. The molecule has 1 saturated heterocycles. The predicted molar refractivity (Wildman–Crippen MR) is 84.7 cm³/mol. The van der Waals surface area contributed by atoms with Crippen molar-refractivity contribution in [3.05, 3.63) is 35.4 Å². The summed E-state index contributed by atoms with van der Waals surface area (Å²) in [5.41, 5.74) is 1.68. The molecule has 0 bridgehead atoms. The molecule has 1 aliphatic heterocycles. The van der Waals surface area contributed by atoms with Gasteiger partial charge in [0.15, 0.2) is 0 Å². The Morgan fingerprint density at radius 2 is 2.18 bits per heavy atom. The summed E-state index contributed by atoms with van der Waals surface area (Å²) in [7, 11) is 1.61. The van der Waals surface area contributed by atoms with Gasteiger partial charge in [0.1, 0.15) is 0 Å². The molecule has 1 fully saturated rings. The van der Waals surface area contributed by atoms with Crippen LogP contribution in [0.3, 0.4) is 0 Å². The van der Waals surface area contributed by atoms with E-state index >= 15 is 0 Å². The van der Waals surface area contributed by atoms with Crippen molar-refractivity contribution in [3.8, 4) is 0 Å². The molecule has 0 unspecified atom stereocenters. The lowest BCUT2D eigenvalue weighted by molar-refractivity contribution is -0.133. The zero-order valence-corrected chi connectivity index (χ0v) is 13.2. The van der Waals surface area contributed by atoms with Crippen molar-refractivity contribution in [2.45, 2.75) is 32.3 Å². The normalized spacial score (nSPS) is 21.2. The summed E-state index contributed by atoms with van der Waals surface area (Å²) in [6, 6.07) is 7.46. The van der Waals surface area contributed by atoms with Crippen molar-refractivity contribution >= 4 is 11.8 Å². The highest BCUT2D eigenvalue weighted by Crippen LogP contribution is 2.20. The second kappa shape index (κ2) is 7.94.